The van der Waals surface area contributed by atoms with Crippen molar-refractivity contribution < 1.29 is 41.0 Å². The van der Waals surface area contributed by atoms with Gasteiger partial charge in [0.15, 0.2) is 10.7 Å². The topological polar surface area (TPSA) is 92.6 Å². The lowest BCUT2D eigenvalue weighted by Gasteiger charge is -2.16. The highest BCUT2D eigenvalue weighted by atomic mass is 35.5. The zero-order chi connectivity index (χ0) is 28.8. The Balaban J connectivity index is 1.44. The van der Waals surface area contributed by atoms with E-state index in [2.05, 4.69) is 25.4 Å². The van der Waals surface area contributed by atoms with E-state index in [-0.39, 0.29) is 40.0 Å². The number of ether oxygens (including phenoxy) is 1. The Morgan fingerprint density at radius 3 is 2.56 bits per heavy atom. The molecular weight excluding hydrogens is 600 g/mol. The van der Waals surface area contributed by atoms with Crippen LogP contribution in [0.1, 0.15) is 24.7 Å². The second-order valence-corrected chi connectivity index (χ2v) is 9.49. The Hall–Kier alpha value is -4.15. The predicted octanol–water partition coefficient (Wildman–Crippen LogP) is 3.83. The van der Waals surface area contributed by atoms with Crippen LogP contribution in [0.3, 0.4) is 0 Å². The molecule has 0 saturated carbocycles. The predicted molar refractivity (Wildman–Crippen MR) is 129 cm³/mol. The molecule has 11 nitrogen and oxygen atoms in total. The van der Waals surface area contributed by atoms with Gasteiger partial charge in [0.05, 0.1) is 28.5 Å². The van der Waals surface area contributed by atoms with Crippen LogP contribution in [0.4, 0.5) is 22.0 Å². The van der Waals surface area contributed by atoms with Crippen LogP contribution in [0.2, 0.25) is 10.0 Å². The smallest absolute Gasteiger partial charge is 0.323 e. The third-order valence-corrected chi connectivity index (χ3v) is 6.85. The number of aromatic nitrogens is 9. The minimum atomic E-state index is -2.98. The van der Waals surface area contributed by atoms with Gasteiger partial charge in [-0.2, -0.15) is 27.3 Å². The van der Waals surface area contributed by atoms with E-state index in [1.165, 1.54) is 45.2 Å². The highest BCUT2D eigenvalue weighted by Gasteiger charge is 2.43. The van der Waals surface area contributed by atoms with Crippen molar-refractivity contribution in [2.75, 3.05) is 6.61 Å². The molecule has 6 rings (SSSR count). The maximum Gasteiger partial charge on any atom is 0.345 e. The van der Waals surface area contributed by atoms with Gasteiger partial charge in [-0.25, -0.2) is 9.07 Å². The Morgan fingerprint density at radius 1 is 1.02 bits per heavy atom. The second-order valence-electron chi connectivity index (χ2n) is 8.68. The number of hydrogen-bond acceptors (Lipinski definition) is 6. The fourth-order valence-electron chi connectivity index (χ4n) is 4.52. The van der Waals surface area contributed by atoms with E-state index in [1.807, 2.05) is 0 Å². The van der Waals surface area contributed by atoms with Gasteiger partial charge in [0.1, 0.15) is 23.8 Å². The average Bonchev–Trinajstić information content (AvgIpc) is 3.69. The molecule has 1 aliphatic heterocycles. The lowest BCUT2D eigenvalue weighted by molar-refractivity contribution is -1.01. The van der Waals surface area contributed by atoms with Crippen molar-refractivity contribution in [1.29, 1.82) is 0 Å². The number of nitrogens with zero attached hydrogens (tertiary/aromatic N) is 9. The van der Waals surface area contributed by atoms with Crippen LogP contribution in [-0.4, -0.2) is 48.1 Å². The highest BCUT2D eigenvalue weighted by molar-refractivity contribution is 6.33. The van der Waals surface area contributed by atoms with Gasteiger partial charge in [-0.05, 0) is 39.4 Å². The lowest BCUT2D eigenvalue weighted by Crippen LogP contribution is -2.66. The molecule has 4 aromatic heterocycles. The normalized spacial score (nSPS) is 14.4. The molecule has 0 fully saturated rings. The molecule has 1 aromatic carbocycles. The summed E-state index contributed by atoms with van der Waals surface area (Å²) >= 11 is 12.2. The molecule has 41 heavy (non-hydrogen) atoms. The first-order chi connectivity index (χ1) is 19.7. The Labute approximate surface area is 236 Å². The molecule has 1 aliphatic rings. The Bertz CT molecular complexity index is 1730. The average molecular weight is 616 g/mol. The van der Waals surface area contributed by atoms with Crippen LogP contribution >= 0.6 is 23.2 Å². The van der Waals surface area contributed by atoms with Crippen molar-refractivity contribution in [3.63, 3.8) is 0 Å². The van der Waals surface area contributed by atoms with Crippen LogP contribution in [-0.2, 0) is 4.74 Å². The zero-order valence-electron chi connectivity index (χ0n) is 20.3. The van der Waals surface area contributed by atoms with Crippen LogP contribution in [0, 0.1) is 5.82 Å². The second kappa shape index (κ2) is 10.7. The molecule has 1 atom stereocenters. The van der Waals surface area contributed by atoms with E-state index >= 15 is 4.39 Å². The van der Waals surface area contributed by atoms with E-state index in [1.54, 1.807) is 22.9 Å². The van der Waals surface area contributed by atoms with Gasteiger partial charge < -0.3 is 4.74 Å². The van der Waals surface area contributed by atoms with Gasteiger partial charge in [0.25, 0.3) is 6.04 Å². The van der Waals surface area contributed by atoms with Gasteiger partial charge in [-0.1, -0.05) is 28.1 Å². The summed E-state index contributed by atoms with van der Waals surface area (Å²) in [5.41, 5.74) is 1.51. The minimum absolute atomic E-state index is 0.0366. The number of pyridine rings is 1. The molecular formula is C23H16Cl2F5N9O2+2. The van der Waals surface area contributed by atoms with Crippen molar-refractivity contribution in [2.24, 2.45) is 0 Å². The molecule has 5 aromatic rings. The van der Waals surface area contributed by atoms with Crippen molar-refractivity contribution in [1.82, 2.24) is 34.8 Å². The Kier molecular flexibility index (Phi) is 7.04. The molecule has 0 aliphatic carbocycles. The molecule has 5 heterocycles. The summed E-state index contributed by atoms with van der Waals surface area (Å²) in [7, 11) is 0. The first-order valence-electron chi connectivity index (χ1n) is 11.7. The molecule has 0 amide bonds. The molecule has 0 bridgehead atoms. The molecule has 0 radical (unpaired) electrons. The number of tetrazole rings is 1. The van der Waals surface area contributed by atoms with Crippen LogP contribution in [0.25, 0.3) is 28.1 Å². The van der Waals surface area contributed by atoms with Gasteiger partial charge in [-0.3, -0.25) is 0 Å². The minimum Gasteiger partial charge on any atom is -0.323 e. The maximum atomic E-state index is 15.4. The van der Waals surface area contributed by atoms with Crippen molar-refractivity contribution in [2.45, 2.75) is 25.6 Å². The summed E-state index contributed by atoms with van der Waals surface area (Å²) in [6, 6.07) is 5.47. The van der Waals surface area contributed by atoms with Crippen molar-refractivity contribution >= 4 is 23.2 Å². The van der Waals surface area contributed by atoms with Gasteiger partial charge in [0, 0.05) is 22.2 Å². The largest absolute Gasteiger partial charge is 0.345 e. The first kappa shape index (κ1) is 27.0. The van der Waals surface area contributed by atoms with E-state index in [4.69, 9.17) is 28.1 Å². The molecule has 0 spiro atoms. The molecule has 0 unspecified atom stereocenters. The monoisotopic (exact) mass is 615 g/mol. The van der Waals surface area contributed by atoms with Gasteiger partial charge in [0.2, 0.25) is 18.1 Å². The Morgan fingerprint density at radius 2 is 1.85 bits per heavy atom. The van der Waals surface area contributed by atoms with E-state index < -0.39 is 25.0 Å². The third-order valence-electron chi connectivity index (χ3n) is 6.28. The summed E-state index contributed by atoms with van der Waals surface area (Å²) in [6.45, 7) is -6.22. The molecule has 0 saturated heterocycles. The van der Waals surface area contributed by atoms with E-state index in [0.717, 1.165) is 6.20 Å². The fourth-order valence-corrected chi connectivity index (χ4v) is 4.92. The number of alkyl halides is 4. The number of benzene rings is 1. The summed E-state index contributed by atoms with van der Waals surface area (Å²) < 4.78 is 76.3. The number of fused-ring (bicyclic) bond motifs is 2. The van der Waals surface area contributed by atoms with E-state index in [9.17, 15) is 17.6 Å². The van der Waals surface area contributed by atoms with Crippen LogP contribution in [0.5, 0.6) is 0 Å². The number of rotatable bonds is 8. The summed E-state index contributed by atoms with van der Waals surface area (Å²) in [5, 5.41) is 14.7. The lowest BCUT2D eigenvalue weighted by atomic mass is 10.0. The standard InChI is InChI=1S/C23H16Cl2F5N9O2/c24-14-2-4-18(36-11-31-33-34-36)19(20(14)26)12-1-3-17-16(5-6-40-23(29)30)37-7-13(9-39(37)41-38(17)8-12)21-15(25)10-35(32-21)22(27)28/h1-4,7-11,16,22-23H,5-6H2/q+2/t16-/m0/s1. The summed E-state index contributed by atoms with van der Waals surface area (Å²) in [4.78, 5) is 7.22. The zero-order valence-corrected chi connectivity index (χ0v) is 21.8. The fraction of sp³-hybridized carbons (Fsp3) is 0.217. The molecule has 18 heteroatoms. The summed E-state index contributed by atoms with van der Waals surface area (Å²) in [6.07, 6.45) is 6.76. The van der Waals surface area contributed by atoms with Crippen molar-refractivity contribution in [3.8, 4) is 28.1 Å². The van der Waals surface area contributed by atoms with Crippen molar-refractivity contribution in [3.05, 3.63) is 76.9 Å². The quantitative estimate of drug-likeness (QED) is 0.195. The highest BCUT2D eigenvalue weighted by Crippen LogP contribution is 2.34. The third kappa shape index (κ3) is 4.98. The number of hydrogen-bond donors (Lipinski definition) is 0. The van der Waals surface area contributed by atoms with Crippen LogP contribution in [0.15, 0.2) is 55.4 Å². The first-order valence-corrected chi connectivity index (χ1v) is 12.5. The SMILES string of the molecule is Fc1c(Cl)ccc(-n2cnnn2)c1-c1ccc2[n+](c1)On1cc(-c3nn(C(F)F)cc3Cl)c[n+]1[C@H]2CCOC(F)F. The number of halogens is 7. The maximum absolute atomic E-state index is 15.4. The van der Waals surface area contributed by atoms with E-state index in [0.29, 0.717) is 21.5 Å². The molecule has 212 valence electrons. The van der Waals surface area contributed by atoms with Crippen LogP contribution < -0.4 is 14.4 Å². The summed E-state index contributed by atoms with van der Waals surface area (Å²) in [5.74, 6) is -0.736. The van der Waals surface area contributed by atoms with Gasteiger partial charge in [-0.15, -0.1) is 5.10 Å². The molecule has 0 N–H and O–H groups in total. The van der Waals surface area contributed by atoms with Gasteiger partial charge >= 0.3 is 13.2 Å².